The van der Waals surface area contributed by atoms with Gasteiger partial charge in [-0.1, -0.05) is 13.8 Å². The molecule has 0 aliphatic heterocycles. The van der Waals surface area contributed by atoms with Gasteiger partial charge in [-0.15, -0.1) is 0 Å². The molecule has 0 saturated carbocycles. The van der Waals surface area contributed by atoms with Crippen molar-refractivity contribution in [2.45, 2.75) is 46.4 Å². The van der Waals surface area contributed by atoms with Crippen LogP contribution in [-0.2, 0) is 14.3 Å². The van der Waals surface area contributed by atoms with Crippen molar-refractivity contribution in [3.8, 4) is 0 Å². The molecule has 0 aliphatic rings. The number of ether oxygens (including phenoxy) is 2. The summed E-state index contributed by atoms with van der Waals surface area (Å²) in [6.45, 7) is 8.62. The fraction of sp³-hybridized carbons (Fsp3) is 0.769. The highest BCUT2D eigenvalue weighted by Gasteiger charge is 2.22. The molecule has 8 heteroatoms. The van der Waals surface area contributed by atoms with Crippen LogP contribution in [0.15, 0.2) is 0 Å². The van der Waals surface area contributed by atoms with Crippen LogP contribution in [0.25, 0.3) is 0 Å². The van der Waals surface area contributed by atoms with Crippen LogP contribution in [0.1, 0.15) is 34.6 Å². The Morgan fingerprint density at radius 1 is 1.10 bits per heavy atom. The highest BCUT2D eigenvalue weighted by Crippen LogP contribution is 2.07. The molecule has 0 aromatic carbocycles. The van der Waals surface area contributed by atoms with Gasteiger partial charge in [0.25, 0.3) is 0 Å². The van der Waals surface area contributed by atoms with Gasteiger partial charge in [0.1, 0.15) is 18.3 Å². The van der Waals surface area contributed by atoms with Gasteiger partial charge in [-0.2, -0.15) is 0 Å². The maximum absolute atomic E-state index is 11.7. The van der Waals surface area contributed by atoms with Crippen LogP contribution in [0.4, 0.5) is 9.59 Å². The van der Waals surface area contributed by atoms with Gasteiger partial charge in [-0.25, -0.2) is 9.59 Å². The molecular weight excluding hydrogens is 278 g/mol. The van der Waals surface area contributed by atoms with E-state index in [0.29, 0.717) is 0 Å². The lowest BCUT2D eigenvalue weighted by Crippen LogP contribution is -2.55. The summed E-state index contributed by atoms with van der Waals surface area (Å²) in [4.78, 5) is 34.2. The number of urea groups is 1. The second-order valence-corrected chi connectivity index (χ2v) is 5.77. The molecule has 0 fully saturated rings. The van der Waals surface area contributed by atoms with E-state index in [2.05, 4.69) is 20.7 Å². The van der Waals surface area contributed by atoms with Gasteiger partial charge in [0.15, 0.2) is 0 Å². The molecule has 0 saturated heterocycles. The zero-order chi connectivity index (χ0) is 16.6. The van der Waals surface area contributed by atoms with Gasteiger partial charge >= 0.3 is 18.1 Å². The van der Waals surface area contributed by atoms with E-state index in [1.54, 1.807) is 20.8 Å². The quantitative estimate of drug-likeness (QED) is 0.518. The zero-order valence-electron chi connectivity index (χ0n) is 13.4. The summed E-state index contributed by atoms with van der Waals surface area (Å²) in [6, 6.07) is -0.588. The standard InChI is InChI=1S/C13H25N3O5/c1-8(2)10(16-12(19)21-13(3,4)5)15-11(18)14-7-9(17)20-6/h8,10H,7H2,1-6H3,(H,16,19)(H2,14,15,18)/t10-/m0/s1. The Morgan fingerprint density at radius 2 is 1.67 bits per heavy atom. The van der Waals surface area contributed by atoms with Crippen molar-refractivity contribution in [1.82, 2.24) is 16.0 Å². The molecule has 8 nitrogen and oxygen atoms in total. The average Bonchev–Trinajstić information content (AvgIpc) is 2.32. The van der Waals surface area contributed by atoms with Crippen LogP contribution in [0, 0.1) is 5.92 Å². The monoisotopic (exact) mass is 303 g/mol. The Labute approximate surface area is 124 Å². The van der Waals surface area contributed by atoms with Crippen molar-refractivity contribution in [1.29, 1.82) is 0 Å². The lowest BCUT2D eigenvalue weighted by molar-refractivity contribution is -0.139. The van der Waals surface area contributed by atoms with Crippen LogP contribution < -0.4 is 16.0 Å². The first-order valence-corrected chi connectivity index (χ1v) is 6.66. The largest absolute Gasteiger partial charge is 0.468 e. The summed E-state index contributed by atoms with van der Waals surface area (Å²) in [5.74, 6) is -0.632. The molecule has 0 unspecified atom stereocenters. The Hall–Kier alpha value is -1.99. The second-order valence-electron chi connectivity index (χ2n) is 5.77. The first-order valence-electron chi connectivity index (χ1n) is 6.66. The van der Waals surface area contributed by atoms with Crippen molar-refractivity contribution in [2.75, 3.05) is 13.7 Å². The first kappa shape index (κ1) is 19.0. The topological polar surface area (TPSA) is 106 Å². The predicted octanol–water partition coefficient (Wildman–Crippen LogP) is 0.965. The van der Waals surface area contributed by atoms with Gasteiger partial charge in [0.05, 0.1) is 7.11 Å². The summed E-state index contributed by atoms with van der Waals surface area (Å²) in [7, 11) is 1.23. The molecule has 0 aliphatic carbocycles. The van der Waals surface area contributed by atoms with Gasteiger partial charge in [0, 0.05) is 0 Å². The summed E-state index contributed by atoms with van der Waals surface area (Å²) in [6.07, 6.45) is -1.26. The molecule has 0 radical (unpaired) electrons. The Bertz CT molecular complexity index is 376. The minimum absolute atomic E-state index is 0.0682. The van der Waals surface area contributed by atoms with Crippen molar-refractivity contribution >= 4 is 18.1 Å². The smallest absolute Gasteiger partial charge is 0.409 e. The molecule has 1 atom stereocenters. The van der Waals surface area contributed by atoms with Crippen molar-refractivity contribution in [3.05, 3.63) is 0 Å². The third-order valence-corrected chi connectivity index (χ3v) is 2.25. The summed E-state index contributed by atoms with van der Waals surface area (Å²) < 4.78 is 9.52. The number of nitrogens with one attached hydrogen (secondary N) is 3. The Balaban J connectivity index is 4.40. The molecule has 3 N–H and O–H groups in total. The third-order valence-electron chi connectivity index (χ3n) is 2.25. The number of alkyl carbamates (subject to hydrolysis) is 1. The summed E-state index contributed by atoms with van der Waals surface area (Å²) in [5, 5.41) is 7.42. The SMILES string of the molecule is COC(=O)CNC(=O)N[C@@H](NC(=O)OC(C)(C)C)C(C)C. The second kappa shape index (κ2) is 8.33. The van der Waals surface area contributed by atoms with Crippen molar-refractivity contribution in [3.63, 3.8) is 0 Å². The molecule has 21 heavy (non-hydrogen) atoms. The lowest BCUT2D eigenvalue weighted by Gasteiger charge is -2.26. The van der Waals surface area contributed by atoms with Crippen molar-refractivity contribution in [2.24, 2.45) is 5.92 Å². The van der Waals surface area contributed by atoms with Crippen LogP contribution in [0.2, 0.25) is 0 Å². The fourth-order valence-electron chi connectivity index (χ4n) is 1.22. The Morgan fingerprint density at radius 3 is 2.10 bits per heavy atom. The number of carbonyl (C=O) groups is 3. The highest BCUT2D eigenvalue weighted by atomic mass is 16.6. The number of esters is 1. The van der Waals surface area contributed by atoms with Crippen molar-refractivity contribution < 1.29 is 23.9 Å². The molecular formula is C13H25N3O5. The van der Waals surface area contributed by atoms with Gasteiger partial charge in [-0.05, 0) is 26.7 Å². The number of methoxy groups -OCH3 is 1. The van der Waals surface area contributed by atoms with Crippen LogP contribution in [0.3, 0.4) is 0 Å². The normalized spacial score (nSPS) is 12.3. The minimum atomic E-state index is -0.630. The number of rotatable bonds is 5. The van der Waals surface area contributed by atoms with E-state index in [1.165, 1.54) is 7.11 Å². The van der Waals surface area contributed by atoms with Crippen LogP contribution in [-0.4, -0.2) is 43.5 Å². The maximum atomic E-state index is 11.7. The third kappa shape index (κ3) is 9.53. The predicted molar refractivity (Wildman–Crippen MR) is 76.5 cm³/mol. The van der Waals surface area contributed by atoms with E-state index < -0.39 is 29.9 Å². The van der Waals surface area contributed by atoms with E-state index in [1.807, 2.05) is 13.8 Å². The summed E-state index contributed by atoms with van der Waals surface area (Å²) in [5.41, 5.74) is -0.626. The molecule has 0 heterocycles. The Kier molecular flexibility index (Phi) is 7.54. The van der Waals surface area contributed by atoms with E-state index in [0.717, 1.165) is 0 Å². The van der Waals surface area contributed by atoms with Gasteiger partial charge in [-0.3, -0.25) is 4.79 Å². The molecule has 0 aromatic heterocycles. The average molecular weight is 303 g/mol. The van der Waals surface area contributed by atoms with Gasteiger partial charge < -0.3 is 25.4 Å². The van der Waals surface area contributed by atoms with E-state index in [-0.39, 0.29) is 12.5 Å². The number of hydrogen-bond donors (Lipinski definition) is 3. The molecule has 0 rings (SSSR count). The molecule has 122 valence electrons. The molecule has 0 spiro atoms. The summed E-state index contributed by atoms with van der Waals surface area (Å²) >= 11 is 0. The molecule has 3 amide bonds. The molecule has 0 bridgehead atoms. The maximum Gasteiger partial charge on any atom is 0.409 e. The fourth-order valence-corrected chi connectivity index (χ4v) is 1.22. The zero-order valence-corrected chi connectivity index (χ0v) is 13.4. The van der Waals surface area contributed by atoms with E-state index in [4.69, 9.17) is 4.74 Å². The van der Waals surface area contributed by atoms with Crippen LogP contribution in [0.5, 0.6) is 0 Å². The number of carbonyl (C=O) groups excluding carboxylic acids is 3. The van der Waals surface area contributed by atoms with Gasteiger partial charge in [0.2, 0.25) is 0 Å². The lowest BCUT2D eigenvalue weighted by atomic mass is 10.1. The molecule has 0 aromatic rings. The first-order chi connectivity index (χ1) is 9.55. The highest BCUT2D eigenvalue weighted by molar-refractivity contribution is 5.81. The number of hydrogen-bond acceptors (Lipinski definition) is 5. The number of amides is 3. The van der Waals surface area contributed by atoms with Crippen LogP contribution >= 0.6 is 0 Å². The van der Waals surface area contributed by atoms with E-state index >= 15 is 0 Å². The minimum Gasteiger partial charge on any atom is -0.468 e. The van der Waals surface area contributed by atoms with E-state index in [9.17, 15) is 14.4 Å².